The molecule has 0 N–H and O–H groups in total. The fourth-order valence-corrected chi connectivity index (χ4v) is 8.19. The van der Waals surface area contributed by atoms with Crippen LogP contribution in [0.4, 0.5) is 0 Å². The van der Waals surface area contributed by atoms with Gasteiger partial charge in [-0.15, -0.1) is 0 Å². The van der Waals surface area contributed by atoms with E-state index in [1.807, 2.05) is 18.2 Å². The molecule has 0 bridgehead atoms. The van der Waals surface area contributed by atoms with Crippen molar-refractivity contribution in [3.63, 3.8) is 0 Å². The highest BCUT2D eigenvalue weighted by molar-refractivity contribution is 6.10. The number of aryl methyl sites for hydroxylation is 1. The van der Waals surface area contributed by atoms with Crippen LogP contribution in [0.2, 0.25) is 0 Å². The van der Waals surface area contributed by atoms with Gasteiger partial charge in [-0.2, -0.15) is 15.0 Å². The molecule has 10 aromatic rings. The Kier molecular flexibility index (Phi) is 5.98. The molecule has 240 valence electrons. The zero-order valence-electron chi connectivity index (χ0n) is 27.6. The van der Waals surface area contributed by atoms with Crippen LogP contribution in [0.15, 0.2) is 152 Å². The van der Waals surface area contributed by atoms with Crippen LogP contribution in [0, 0.1) is 0 Å². The van der Waals surface area contributed by atoms with Crippen LogP contribution >= 0.6 is 0 Å². The lowest BCUT2D eigenvalue weighted by molar-refractivity contribution is 0.892. The summed E-state index contributed by atoms with van der Waals surface area (Å²) in [6.07, 6.45) is 6.71. The van der Waals surface area contributed by atoms with Gasteiger partial charge >= 0.3 is 0 Å². The molecule has 0 saturated carbocycles. The fourth-order valence-electron chi connectivity index (χ4n) is 8.19. The number of allylic oxidation sites excluding steroid dienone is 1. The first-order chi connectivity index (χ1) is 25.3. The van der Waals surface area contributed by atoms with Gasteiger partial charge in [-0.1, -0.05) is 109 Å². The summed E-state index contributed by atoms with van der Waals surface area (Å²) in [6.45, 7) is 0. The lowest BCUT2D eigenvalue weighted by Gasteiger charge is -2.14. The Bertz CT molecular complexity index is 2980. The largest absolute Gasteiger partial charge is 0.310 e. The molecule has 4 heterocycles. The van der Waals surface area contributed by atoms with Crippen LogP contribution in [-0.2, 0) is 6.42 Å². The van der Waals surface area contributed by atoms with Crippen molar-refractivity contribution in [2.45, 2.75) is 12.8 Å². The van der Waals surface area contributed by atoms with Crippen LogP contribution < -0.4 is 0 Å². The summed E-state index contributed by atoms with van der Waals surface area (Å²) >= 11 is 0. The Morgan fingerprint density at radius 2 is 0.941 bits per heavy atom. The van der Waals surface area contributed by atoms with Crippen molar-refractivity contribution in [1.29, 1.82) is 0 Å². The van der Waals surface area contributed by atoms with Crippen LogP contribution in [0.25, 0.3) is 89.6 Å². The van der Waals surface area contributed by atoms with Crippen LogP contribution in [0.3, 0.4) is 0 Å². The molecule has 0 unspecified atom stereocenters. The second kappa shape index (κ2) is 10.9. The predicted molar refractivity (Wildman–Crippen MR) is 208 cm³/mol. The van der Waals surface area contributed by atoms with Gasteiger partial charge in [0.2, 0.25) is 11.9 Å². The molecule has 1 aliphatic carbocycles. The van der Waals surface area contributed by atoms with Gasteiger partial charge in [0.25, 0.3) is 0 Å². The molecular formula is C45H30N6. The number of aromatic nitrogens is 6. The van der Waals surface area contributed by atoms with E-state index in [1.54, 1.807) is 0 Å². The van der Waals surface area contributed by atoms with E-state index < -0.39 is 0 Å². The lowest BCUT2D eigenvalue weighted by Crippen LogP contribution is -2.10. The van der Waals surface area contributed by atoms with Crippen molar-refractivity contribution in [2.75, 3.05) is 0 Å². The second-order valence-corrected chi connectivity index (χ2v) is 13.2. The second-order valence-electron chi connectivity index (χ2n) is 13.2. The zero-order chi connectivity index (χ0) is 33.5. The maximum atomic E-state index is 5.30. The standard InChI is InChI=1S/C45H30N6/c1-2-14-29(15-3-1)43-46-44(50-39-23-11-6-18-33(39)34-19-7-12-24-40(34)50)48-45(47-43)51-41-25-13-8-20-35(41)36-28-30(26-27-42(36)51)49-37-21-9-4-16-31(37)32-17-5-10-22-38(32)49/h1-4,6-16,18-28H,5,17H2. The summed E-state index contributed by atoms with van der Waals surface area (Å²) in [6, 6.07) is 51.3. The minimum atomic E-state index is 0.575. The zero-order valence-corrected chi connectivity index (χ0v) is 27.6. The topological polar surface area (TPSA) is 53.5 Å². The summed E-state index contributed by atoms with van der Waals surface area (Å²) in [5.41, 5.74) is 10.2. The van der Waals surface area contributed by atoms with Gasteiger partial charge in [0.1, 0.15) is 0 Å². The molecule has 0 saturated heterocycles. The van der Waals surface area contributed by atoms with Crippen LogP contribution in [-0.4, -0.2) is 28.7 Å². The highest BCUT2D eigenvalue weighted by Gasteiger charge is 2.22. The average molecular weight is 655 g/mol. The van der Waals surface area contributed by atoms with E-state index >= 15 is 0 Å². The van der Waals surface area contributed by atoms with Crippen molar-refractivity contribution in [3.05, 3.63) is 163 Å². The lowest BCUT2D eigenvalue weighted by atomic mass is 10.0. The monoisotopic (exact) mass is 654 g/mol. The molecular weight excluding hydrogens is 625 g/mol. The van der Waals surface area contributed by atoms with Gasteiger partial charge in [0.15, 0.2) is 5.82 Å². The molecule has 0 spiro atoms. The predicted octanol–water partition coefficient (Wildman–Crippen LogP) is 10.6. The average Bonchev–Trinajstić information content (AvgIpc) is 3.84. The first-order valence-corrected chi connectivity index (χ1v) is 17.4. The van der Waals surface area contributed by atoms with E-state index in [9.17, 15) is 0 Å². The molecule has 4 aromatic heterocycles. The first kappa shape index (κ1) is 28.1. The van der Waals surface area contributed by atoms with Crippen molar-refractivity contribution < 1.29 is 0 Å². The van der Waals surface area contributed by atoms with E-state index in [2.05, 4.69) is 153 Å². The van der Waals surface area contributed by atoms with E-state index in [-0.39, 0.29) is 0 Å². The maximum Gasteiger partial charge on any atom is 0.240 e. The molecule has 0 aliphatic heterocycles. The molecule has 0 amide bonds. The van der Waals surface area contributed by atoms with Crippen LogP contribution in [0.5, 0.6) is 0 Å². The maximum absolute atomic E-state index is 5.30. The minimum absolute atomic E-state index is 0.575. The van der Waals surface area contributed by atoms with Gasteiger partial charge in [-0.05, 0) is 66.9 Å². The molecule has 1 aliphatic rings. The Morgan fingerprint density at radius 3 is 1.57 bits per heavy atom. The summed E-state index contributed by atoms with van der Waals surface area (Å²) in [5, 5.41) is 5.95. The van der Waals surface area contributed by atoms with Crippen LogP contribution in [0.1, 0.15) is 17.7 Å². The molecule has 0 atom stereocenters. The fraction of sp³-hybridized carbons (Fsp3) is 0.0444. The molecule has 6 nitrogen and oxygen atoms in total. The normalized spacial score (nSPS) is 12.9. The molecule has 11 rings (SSSR count). The minimum Gasteiger partial charge on any atom is -0.310 e. The van der Waals surface area contributed by atoms with Gasteiger partial charge < -0.3 is 4.57 Å². The Hall–Kier alpha value is -6.79. The van der Waals surface area contributed by atoms with Crippen molar-refractivity contribution in [1.82, 2.24) is 28.7 Å². The highest BCUT2D eigenvalue weighted by atomic mass is 15.3. The van der Waals surface area contributed by atoms with Gasteiger partial charge in [-0.25, -0.2) is 0 Å². The number of para-hydroxylation sites is 4. The Morgan fingerprint density at radius 1 is 0.431 bits per heavy atom. The number of nitrogens with zero attached hydrogens (tertiary/aromatic N) is 6. The number of hydrogen-bond acceptors (Lipinski definition) is 3. The number of rotatable bonds is 4. The smallest absolute Gasteiger partial charge is 0.240 e. The molecule has 0 radical (unpaired) electrons. The SMILES string of the molecule is C1=Cc2c(c3ccccc3n2-c2ccc3c(c2)c2ccccc2n3-c2nc(-c3ccccc3)nc(-n3c4ccccc4c4ccccc43)n2)CC1. The summed E-state index contributed by atoms with van der Waals surface area (Å²) in [7, 11) is 0. The highest BCUT2D eigenvalue weighted by Crippen LogP contribution is 2.38. The quantitative estimate of drug-likeness (QED) is 0.190. The molecule has 0 fully saturated rings. The number of benzene rings is 6. The van der Waals surface area contributed by atoms with Gasteiger partial charge in [0, 0.05) is 43.9 Å². The van der Waals surface area contributed by atoms with E-state index in [0.29, 0.717) is 17.7 Å². The van der Waals surface area contributed by atoms with Gasteiger partial charge in [0.05, 0.1) is 27.6 Å². The molecule has 6 heteroatoms. The van der Waals surface area contributed by atoms with E-state index in [1.165, 1.54) is 22.2 Å². The molecule has 51 heavy (non-hydrogen) atoms. The van der Waals surface area contributed by atoms with Crippen molar-refractivity contribution >= 4 is 60.6 Å². The summed E-state index contributed by atoms with van der Waals surface area (Å²) < 4.78 is 6.79. The number of fused-ring (bicyclic) bond motifs is 9. The third kappa shape index (κ3) is 4.14. The van der Waals surface area contributed by atoms with E-state index in [0.717, 1.165) is 67.7 Å². The Balaban J connectivity index is 1.20. The first-order valence-electron chi connectivity index (χ1n) is 17.4. The Labute approximate surface area is 293 Å². The van der Waals surface area contributed by atoms with Crippen molar-refractivity contribution in [2.24, 2.45) is 0 Å². The number of hydrogen-bond donors (Lipinski definition) is 0. The third-order valence-electron chi connectivity index (χ3n) is 10.4. The summed E-state index contributed by atoms with van der Waals surface area (Å²) in [4.78, 5) is 15.7. The van der Waals surface area contributed by atoms with Crippen molar-refractivity contribution in [3.8, 4) is 29.0 Å². The molecule has 6 aromatic carbocycles. The van der Waals surface area contributed by atoms with Gasteiger partial charge in [-0.3, -0.25) is 9.13 Å². The van der Waals surface area contributed by atoms with E-state index in [4.69, 9.17) is 15.0 Å². The summed E-state index contributed by atoms with van der Waals surface area (Å²) in [5.74, 6) is 1.78. The third-order valence-corrected chi connectivity index (χ3v) is 10.4.